The molecule has 0 bridgehead atoms. The minimum Gasteiger partial charge on any atom is -0.377 e. The lowest BCUT2D eigenvalue weighted by Gasteiger charge is -2.29. The van der Waals surface area contributed by atoms with E-state index in [0.717, 1.165) is 0 Å². The molecule has 0 fully saturated rings. The minimum absolute atomic E-state index is 0.912. The first-order chi connectivity index (χ1) is 11.4. The lowest BCUT2D eigenvalue weighted by Crippen LogP contribution is -2.57. The van der Waals surface area contributed by atoms with E-state index in [1.54, 1.807) is 0 Å². The molecule has 0 rings (SSSR count). The number of ether oxygens (including phenoxy) is 2. The monoisotopic (exact) mass is 438 g/mol. The number of hydrogen-bond donors (Lipinski definition) is 0. The average molecular weight is 438 g/mol. The summed E-state index contributed by atoms with van der Waals surface area (Å²) in [4.78, 5) is 0. The van der Waals surface area contributed by atoms with Crippen molar-refractivity contribution in [3.63, 3.8) is 0 Å². The zero-order valence-corrected chi connectivity index (χ0v) is 12.8. The second-order valence-corrected chi connectivity index (χ2v) is 5.82. The van der Waals surface area contributed by atoms with Crippen LogP contribution in [0.5, 0.6) is 0 Å². The number of hydrogen-bond acceptors (Lipinski definition) is 5. The Bertz CT molecular complexity index is 541. The first-order valence-corrected chi connectivity index (χ1v) is 7.40. The van der Waals surface area contributed by atoms with Crippen LogP contribution in [0, 0.1) is 0 Å². The fourth-order valence-corrected chi connectivity index (χ4v) is 1.44. The van der Waals surface area contributed by atoms with E-state index in [0.29, 0.717) is 0 Å². The van der Waals surface area contributed by atoms with Gasteiger partial charge in [-0.15, -0.1) is 0 Å². The molecule has 0 aliphatic heterocycles. The lowest BCUT2D eigenvalue weighted by atomic mass is 10.1. The predicted octanol–water partition coefficient (Wildman–Crippen LogP) is 3.01. The maximum Gasteiger partial charge on any atom is 0.523 e. The Hall–Kier alpha value is -0.940. The van der Waals surface area contributed by atoms with Crippen LogP contribution in [0.1, 0.15) is 0 Å². The fourth-order valence-electron chi connectivity index (χ4n) is 1.02. The van der Waals surface area contributed by atoms with Gasteiger partial charge in [-0.25, -0.2) is 4.39 Å². The summed E-state index contributed by atoms with van der Waals surface area (Å²) in [6.45, 7) is -4.39. The van der Waals surface area contributed by atoms with Crippen molar-refractivity contribution >= 4 is 10.1 Å². The Kier molecular flexibility index (Phi) is 8.08. The largest absolute Gasteiger partial charge is 0.523 e. The average Bonchev–Trinajstić information content (AvgIpc) is 2.43. The van der Waals surface area contributed by atoms with E-state index in [1.165, 1.54) is 0 Å². The highest BCUT2D eigenvalue weighted by Crippen LogP contribution is 2.48. The third kappa shape index (κ3) is 6.05. The van der Waals surface area contributed by atoms with E-state index < -0.39 is 66.4 Å². The molecule has 17 heteroatoms. The van der Waals surface area contributed by atoms with Crippen molar-refractivity contribution in [3.05, 3.63) is 0 Å². The van der Waals surface area contributed by atoms with Crippen molar-refractivity contribution in [1.29, 1.82) is 0 Å². The van der Waals surface area contributed by atoms with Crippen molar-refractivity contribution in [1.82, 2.24) is 0 Å². The zero-order chi connectivity index (χ0) is 21.0. The van der Waals surface area contributed by atoms with E-state index in [1.807, 2.05) is 0 Å². The van der Waals surface area contributed by atoms with Gasteiger partial charge in [0.15, 0.2) is 0 Å². The molecule has 0 aromatic rings. The Balaban J connectivity index is 4.27. The van der Waals surface area contributed by atoms with Crippen LogP contribution in [0.2, 0.25) is 0 Å². The van der Waals surface area contributed by atoms with Crippen LogP contribution >= 0.6 is 0 Å². The van der Waals surface area contributed by atoms with Gasteiger partial charge in [-0.3, -0.25) is 4.18 Å². The summed E-state index contributed by atoms with van der Waals surface area (Å²) in [6, 6.07) is 0. The highest BCUT2D eigenvalue weighted by Gasteiger charge is 2.76. The van der Waals surface area contributed by atoms with Gasteiger partial charge < -0.3 is 9.47 Å². The van der Waals surface area contributed by atoms with Gasteiger partial charge in [-0.1, -0.05) is 0 Å². The Morgan fingerprint density at radius 2 is 1.23 bits per heavy atom. The topological polar surface area (TPSA) is 61.8 Å². The van der Waals surface area contributed by atoms with Crippen LogP contribution in [0.25, 0.3) is 0 Å². The molecule has 1 unspecified atom stereocenters. The van der Waals surface area contributed by atoms with E-state index in [4.69, 9.17) is 0 Å². The van der Waals surface area contributed by atoms with Crippen LogP contribution in [-0.2, 0) is 23.8 Å². The summed E-state index contributed by atoms with van der Waals surface area (Å²) in [5.41, 5.74) is -5.72. The van der Waals surface area contributed by atoms with Gasteiger partial charge >= 0.3 is 33.6 Å². The molecule has 1 atom stereocenters. The molecular formula is C9H9F11O5S. The highest BCUT2D eigenvalue weighted by atomic mass is 32.2. The van der Waals surface area contributed by atoms with Gasteiger partial charge in [0.05, 0.1) is 26.4 Å². The molecule has 0 spiro atoms. The van der Waals surface area contributed by atoms with Crippen LogP contribution in [0.15, 0.2) is 0 Å². The third-order valence-electron chi connectivity index (χ3n) is 2.30. The smallest absolute Gasteiger partial charge is 0.377 e. The SMILES string of the molecule is O=S(=O)(OCCOCCOC(F)C(F)(F)C(F)(F)C(F)(F)F)C(F)(F)F. The molecule has 0 N–H and O–H groups in total. The van der Waals surface area contributed by atoms with Gasteiger partial charge in [0.1, 0.15) is 0 Å². The molecular weight excluding hydrogens is 429 g/mol. The maximum atomic E-state index is 12.8. The number of rotatable bonds is 10. The summed E-state index contributed by atoms with van der Waals surface area (Å²) in [5, 5.41) is 0. The van der Waals surface area contributed by atoms with Crippen LogP contribution in [0.3, 0.4) is 0 Å². The third-order valence-corrected chi connectivity index (χ3v) is 3.35. The molecule has 26 heavy (non-hydrogen) atoms. The van der Waals surface area contributed by atoms with E-state index in [-0.39, 0.29) is 0 Å². The van der Waals surface area contributed by atoms with Gasteiger partial charge in [0, 0.05) is 0 Å². The van der Waals surface area contributed by atoms with Crippen LogP contribution in [0.4, 0.5) is 48.3 Å². The van der Waals surface area contributed by atoms with Gasteiger partial charge in [0.25, 0.3) is 6.36 Å². The molecule has 0 aliphatic carbocycles. The fraction of sp³-hybridized carbons (Fsp3) is 1.00. The molecule has 0 saturated heterocycles. The summed E-state index contributed by atoms with van der Waals surface area (Å²) in [6.07, 6.45) is -11.1. The van der Waals surface area contributed by atoms with E-state index in [9.17, 15) is 56.7 Å². The predicted molar refractivity (Wildman–Crippen MR) is 58.5 cm³/mol. The highest BCUT2D eigenvalue weighted by molar-refractivity contribution is 7.87. The molecule has 5 nitrogen and oxygen atoms in total. The van der Waals surface area contributed by atoms with Crippen LogP contribution < -0.4 is 0 Å². The molecule has 0 aromatic heterocycles. The van der Waals surface area contributed by atoms with E-state index >= 15 is 0 Å². The maximum absolute atomic E-state index is 12.8. The van der Waals surface area contributed by atoms with Crippen molar-refractivity contribution in [2.24, 2.45) is 0 Å². The second-order valence-electron chi connectivity index (χ2n) is 4.22. The summed E-state index contributed by atoms with van der Waals surface area (Å²) in [5.74, 6) is -13.0. The van der Waals surface area contributed by atoms with Gasteiger partial charge in [-0.2, -0.15) is 52.3 Å². The van der Waals surface area contributed by atoms with Crippen molar-refractivity contribution in [2.75, 3.05) is 26.4 Å². The molecule has 158 valence electrons. The Labute approximate surface area is 138 Å². The van der Waals surface area contributed by atoms with Crippen molar-refractivity contribution in [3.8, 4) is 0 Å². The second kappa shape index (κ2) is 8.39. The summed E-state index contributed by atoms with van der Waals surface area (Å²) >= 11 is 0. The standard InChI is InChI=1S/C9H9F11O5S/c10-5(6(11,12)7(13,14)8(15,16)17)24-3-1-23-2-4-25-26(21,22)9(18,19)20/h5H,1-4H2. The van der Waals surface area contributed by atoms with Gasteiger partial charge in [0.2, 0.25) is 0 Å². The number of alkyl halides is 11. The normalized spacial score (nSPS) is 16.0. The first-order valence-electron chi connectivity index (χ1n) is 5.99. The summed E-state index contributed by atoms with van der Waals surface area (Å²) in [7, 11) is -5.91. The van der Waals surface area contributed by atoms with Crippen molar-refractivity contribution in [2.45, 2.75) is 29.9 Å². The summed E-state index contributed by atoms with van der Waals surface area (Å²) < 4.78 is 166. The van der Waals surface area contributed by atoms with Crippen molar-refractivity contribution < 1.29 is 70.4 Å². The van der Waals surface area contributed by atoms with Gasteiger partial charge in [-0.05, 0) is 0 Å². The quantitative estimate of drug-likeness (QED) is 0.227. The molecule has 0 amide bonds. The Morgan fingerprint density at radius 3 is 1.65 bits per heavy atom. The molecule has 0 radical (unpaired) electrons. The minimum atomic E-state index is -6.76. The molecule has 0 aromatic carbocycles. The first kappa shape index (κ1) is 25.1. The molecule has 0 aliphatic rings. The molecule has 0 heterocycles. The Morgan fingerprint density at radius 1 is 0.769 bits per heavy atom. The number of halogens is 11. The van der Waals surface area contributed by atoms with E-state index in [2.05, 4.69) is 13.7 Å². The van der Waals surface area contributed by atoms with Crippen LogP contribution in [-0.4, -0.2) is 64.7 Å². The molecule has 0 saturated carbocycles. The zero-order valence-electron chi connectivity index (χ0n) is 12.0. The lowest BCUT2D eigenvalue weighted by molar-refractivity contribution is -0.386.